The molecule has 0 aliphatic heterocycles. The zero-order chi connectivity index (χ0) is 24.1. The van der Waals surface area contributed by atoms with Crippen molar-refractivity contribution in [1.82, 2.24) is 4.98 Å². The quantitative estimate of drug-likeness (QED) is 0.226. The van der Waals surface area contributed by atoms with Gasteiger partial charge in [-0.3, -0.25) is 0 Å². The van der Waals surface area contributed by atoms with Gasteiger partial charge in [-0.05, 0) is 47.6 Å². The van der Waals surface area contributed by atoms with Crippen molar-refractivity contribution in [3.05, 3.63) is 95.7 Å². The fraction of sp³-hybridized carbons (Fsp3) is 0.200. The van der Waals surface area contributed by atoms with Crippen molar-refractivity contribution < 1.29 is 14.3 Å². The number of aromatic nitrogens is 1. The third-order valence-electron chi connectivity index (χ3n) is 5.74. The van der Waals surface area contributed by atoms with Gasteiger partial charge in [0.15, 0.2) is 0 Å². The lowest BCUT2D eigenvalue weighted by Crippen LogP contribution is -2.11. The molecule has 0 aliphatic carbocycles. The van der Waals surface area contributed by atoms with E-state index in [-0.39, 0.29) is 18.4 Å². The summed E-state index contributed by atoms with van der Waals surface area (Å²) in [7, 11) is 0. The molecule has 0 amide bonds. The Hall–Kier alpha value is -4.10. The van der Waals surface area contributed by atoms with Gasteiger partial charge in [0.25, 0.3) is 0 Å². The average molecular weight is 450 g/mol. The summed E-state index contributed by atoms with van der Waals surface area (Å²) in [4.78, 5) is 17.8. The summed E-state index contributed by atoms with van der Waals surface area (Å²) in [5, 5.41) is 1.74. The van der Waals surface area contributed by atoms with E-state index in [1.54, 1.807) is 6.07 Å². The number of terminal acetylenes is 1. The van der Waals surface area contributed by atoms with Crippen LogP contribution in [-0.4, -0.2) is 17.6 Å². The first-order valence-electron chi connectivity index (χ1n) is 11.3. The second-order valence-corrected chi connectivity index (χ2v) is 8.47. The lowest BCUT2D eigenvalue weighted by atomic mass is 9.98. The Kier molecular flexibility index (Phi) is 6.94. The van der Waals surface area contributed by atoms with Crippen molar-refractivity contribution in [3.63, 3.8) is 0 Å². The molecular weight excluding hydrogens is 422 g/mol. The second-order valence-electron chi connectivity index (χ2n) is 8.47. The SMILES string of the molecule is C#CCOc1ccc2cc(C(=O)OC(C)c3ccccc3)nc(-c3ccc(C(C)C)cc3)c2c1. The number of hydrogen-bond donors (Lipinski definition) is 0. The van der Waals surface area contributed by atoms with Crippen LogP contribution in [0.15, 0.2) is 78.9 Å². The van der Waals surface area contributed by atoms with Gasteiger partial charge in [0.1, 0.15) is 24.2 Å². The van der Waals surface area contributed by atoms with Crippen LogP contribution in [0.2, 0.25) is 0 Å². The largest absolute Gasteiger partial charge is 0.481 e. The van der Waals surface area contributed by atoms with E-state index < -0.39 is 5.97 Å². The van der Waals surface area contributed by atoms with Crippen molar-refractivity contribution in [1.29, 1.82) is 0 Å². The van der Waals surface area contributed by atoms with Crippen LogP contribution in [0.5, 0.6) is 5.75 Å². The summed E-state index contributed by atoms with van der Waals surface area (Å²) in [5.74, 6) is 3.09. The third kappa shape index (κ3) is 5.10. The van der Waals surface area contributed by atoms with E-state index in [2.05, 4.69) is 31.9 Å². The Morgan fingerprint density at radius 1 is 0.941 bits per heavy atom. The molecule has 0 aliphatic rings. The highest BCUT2D eigenvalue weighted by Gasteiger charge is 2.18. The number of esters is 1. The Morgan fingerprint density at radius 3 is 2.35 bits per heavy atom. The summed E-state index contributed by atoms with van der Waals surface area (Å²) >= 11 is 0. The van der Waals surface area contributed by atoms with Gasteiger partial charge in [-0.15, -0.1) is 6.42 Å². The first kappa shape index (κ1) is 23.1. The van der Waals surface area contributed by atoms with E-state index in [4.69, 9.17) is 20.9 Å². The molecule has 4 nitrogen and oxygen atoms in total. The van der Waals surface area contributed by atoms with Crippen molar-refractivity contribution in [2.45, 2.75) is 32.8 Å². The van der Waals surface area contributed by atoms with E-state index in [0.29, 0.717) is 17.4 Å². The highest BCUT2D eigenvalue weighted by Crippen LogP contribution is 2.32. The fourth-order valence-electron chi connectivity index (χ4n) is 3.80. The molecule has 3 aromatic carbocycles. The molecule has 4 rings (SSSR count). The highest BCUT2D eigenvalue weighted by atomic mass is 16.5. The first-order valence-corrected chi connectivity index (χ1v) is 11.3. The maximum absolute atomic E-state index is 13.1. The normalized spacial score (nSPS) is 11.7. The monoisotopic (exact) mass is 449 g/mol. The lowest BCUT2D eigenvalue weighted by molar-refractivity contribution is 0.0331. The summed E-state index contributed by atoms with van der Waals surface area (Å²) in [6, 6.07) is 25.3. The topological polar surface area (TPSA) is 48.4 Å². The minimum atomic E-state index is -0.467. The van der Waals surface area contributed by atoms with E-state index in [9.17, 15) is 4.79 Å². The molecule has 170 valence electrons. The Morgan fingerprint density at radius 2 is 1.68 bits per heavy atom. The van der Waals surface area contributed by atoms with Crippen molar-refractivity contribution in [3.8, 4) is 29.4 Å². The van der Waals surface area contributed by atoms with Crippen LogP contribution in [0.1, 0.15) is 54.4 Å². The number of pyridine rings is 1. The van der Waals surface area contributed by atoms with Gasteiger partial charge in [0.2, 0.25) is 0 Å². The molecule has 1 atom stereocenters. The second kappa shape index (κ2) is 10.2. The number of rotatable bonds is 7. The van der Waals surface area contributed by atoms with Crippen LogP contribution in [-0.2, 0) is 4.74 Å². The summed E-state index contributed by atoms with van der Waals surface area (Å²) in [6.45, 7) is 6.35. The van der Waals surface area contributed by atoms with Crippen LogP contribution < -0.4 is 4.74 Å². The van der Waals surface area contributed by atoms with E-state index in [1.807, 2.05) is 67.6 Å². The molecule has 0 saturated carbocycles. The van der Waals surface area contributed by atoms with E-state index in [1.165, 1.54) is 5.56 Å². The minimum absolute atomic E-state index is 0.180. The molecule has 0 spiro atoms. The fourth-order valence-corrected chi connectivity index (χ4v) is 3.80. The highest BCUT2D eigenvalue weighted by molar-refractivity contribution is 6.00. The summed E-state index contributed by atoms with van der Waals surface area (Å²) in [5.41, 5.74) is 4.03. The predicted octanol–water partition coefficient (Wildman–Crippen LogP) is 6.96. The number of carbonyl (C=O) groups is 1. The number of fused-ring (bicyclic) bond motifs is 1. The molecular formula is C30H27NO3. The molecule has 1 aromatic heterocycles. The molecule has 34 heavy (non-hydrogen) atoms. The lowest BCUT2D eigenvalue weighted by Gasteiger charge is -2.15. The van der Waals surface area contributed by atoms with E-state index >= 15 is 0 Å². The van der Waals surface area contributed by atoms with Crippen LogP contribution in [0.3, 0.4) is 0 Å². The molecule has 0 N–H and O–H groups in total. The van der Waals surface area contributed by atoms with Gasteiger partial charge in [-0.25, -0.2) is 9.78 Å². The van der Waals surface area contributed by atoms with Crippen LogP contribution in [0.25, 0.3) is 22.0 Å². The molecule has 4 heteroatoms. The van der Waals surface area contributed by atoms with Crippen LogP contribution in [0.4, 0.5) is 0 Å². The third-order valence-corrected chi connectivity index (χ3v) is 5.74. The van der Waals surface area contributed by atoms with Crippen LogP contribution >= 0.6 is 0 Å². The number of ether oxygens (including phenoxy) is 2. The predicted molar refractivity (Wildman–Crippen MR) is 136 cm³/mol. The Labute approximate surface area is 200 Å². The molecule has 0 fully saturated rings. The molecule has 1 heterocycles. The standard InChI is InChI=1S/C30H27NO3/c1-5-17-33-26-16-15-25-18-28(30(32)34-21(4)23-9-7-6-8-10-23)31-29(27(25)19-26)24-13-11-22(12-14-24)20(2)3/h1,6-16,18-21H,17H2,2-4H3. The summed E-state index contributed by atoms with van der Waals surface area (Å²) in [6.07, 6.45) is 4.96. The molecule has 0 bridgehead atoms. The van der Waals surface area contributed by atoms with Gasteiger partial charge in [-0.1, -0.05) is 80.4 Å². The number of carbonyl (C=O) groups excluding carboxylic acids is 1. The smallest absolute Gasteiger partial charge is 0.357 e. The zero-order valence-electron chi connectivity index (χ0n) is 19.6. The van der Waals surface area contributed by atoms with Gasteiger partial charge < -0.3 is 9.47 Å². The van der Waals surface area contributed by atoms with Gasteiger partial charge in [0, 0.05) is 10.9 Å². The molecule has 0 saturated heterocycles. The van der Waals surface area contributed by atoms with Gasteiger partial charge in [0.05, 0.1) is 5.69 Å². The number of hydrogen-bond acceptors (Lipinski definition) is 4. The number of nitrogens with zero attached hydrogens (tertiary/aromatic N) is 1. The minimum Gasteiger partial charge on any atom is -0.481 e. The van der Waals surface area contributed by atoms with Gasteiger partial charge in [-0.2, -0.15) is 0 Å². The van der Waals surface area contributed by atoms with Crippen molar-refractivity contribution in [2.75, 3.05) is 6.61 Å². The molecule has 1 unspecified atom stereocenters. The molecule has 4 aromatic rings. The van der Waals surface area contributed by atoms with Crippen LogP contribution in [0, 0.1) is 12.3 Å². The first-order chi connectivity index (χ1) is 16.5. The number of benzene rings is 3. The van der Waals surface area contributed by atoms with Gasteiger partial charge >= 0.3 is 5.97 Å². The summed E-state index contributed by atoms with van der Waals surface area (Å²) < 4.78 is 11.4. The van der Waals surface area contributed by atoms with Crippen molar-refractivity contribution >= 4 is 16.7 Å². The maximum Gasteiger partial charge on any atom is 0.357 e. The average Bonchev–Trinajstić information content (AvgIpc) is 2.87. The van der Waals surface area contributed by atoms with Crippen molar-refractivity contribution in [2.24, 2.45) is 0 Å². The molecule has 0 radical (unpaired) electrons. The maximum atomic E-state index is 13.1. The Balaban J connectivity index is 1.76. The zero-order valence-corrected chi connectivity index (χ0v) is 19.6. The van der Waals surface area contributed by atoms with E-state index in [0.717, 1.165) is 21.9 Å². The Bertz CT molecular complexity index is 1340.